The third-order valence-electron chi connectivity index (χ3n) is 3.79. The van der Waals surface area contributed by atoms with Gasteiger partial charge in [0.05, 0.1) is 17.6 Å². The van der Waals surface area contributed by atoms with Crippen LogP contribution in [0.3, 0.4) is 0 Å². The highest BCUT2D eigenvalue weighted by Crippen LogP contribution is 2.33. The van der Waals surface area contributed by atoms with Crippen LogP contribution in [0.2, 0.25) is 0 Å². The van der Waals surface area contributed by atoms with E-state index in [1.807, 2.05) is 32.0 Å². The number of ether oxygens (including phenoxy) is 1. The molecular formula is C14H18N2O4. The molecule has 0 unspecified atom stereocenters. The van der Waals surface area contributed by atoms with Crippen LogP contribution in [0.15, 0.2) is 18.2 Å². The molecule has 108 valence electrons. The second-order valence-electron chi connectivity index (χ2n) is 5.25. The number of hydrogen-bond acceptors (Lipinski definition) is 5. The maximum Gasteiger partial charge on any atom is 0.164 e. The van der Waals surface area contributed by atoms with Gasteiger partial charge in [-0.3, -0.25) is 4.57 Å². The van der Waals surface area contributed by atoms with Gasteiger partial charge in [0.15, 0.2) is 6.23 Å². The van der Waals surface area contributed by atoms with E-state index >= 15 is 0 Å². The van der Waals surface area contributed by atoms with E-state index in [-0.39, 0.29) is 6.61 Å². The third kappa shape index (κ3) is 1.92. The van der Waals surface area contributed by atoms with Crippen molar-refractivity contribution in [1.82, 2.24) is 9.55 Å². The first-order chi connectivity index (χ1) is 9.52. The molecule has 3 N–H and O–H groups in total. The van der Waals surface area contributed by atoms with Crippen LogP contribution in [-0.4, -0.2) is 49.8 Å². The first kappa shape index (κ1) is 13.5. The molecule has 4 atom stereocenters. The van der Waals surface area contributed by atoms with Gasteiger partial charge in [-0.1, -0.05) is 6.07 Å². The van der Waals surface area contributed by atoms with Gasteiger partial charge < -0.3 is 20.1 Å². The number of aryl methyl sites for hydroxylation is 2. The third-order valence-corrected chi connectivity index (χ3v) is 3.79. The first-order valence-corrected chi connectivity index (χ1v) is 6.60. The van der Waals surface area contributed by atoms with Crippen LogP contribution in [-0.2, 0) is 4.74 Å². The minimum absolute atomic E-state index is 0.334. The Morgan fingerprint density at radius 2 is 2.00 bits per heavy atom. The van der Waals surface area contributed by atoms with Crippen molar-refractivity contribution in [2.75, 3.05) is 6.61 Å². The number of fused-ring (bicyclic) bond motifs is 1. The number of benzene rings is 1. The second kappa shape index (κ2) is 4.82. The van der Waals surface area contributed by atoms with E-state index in [1.54, 1.807) is 4.57 Å². The lowest BCUT2D eigenvalue weighted by Gasteiger charge is -2.18. The molecule has 1 saturated heterocycles. The molecule has 1 aliphatic heterocycles. The fraction of sp³-hybridized carbons (Fsp3) is 0.500. The topological polar surface area (TPSA) is 87.7 Å². The number of nitrogens with zero attached hydrogens (tertiary/aromatic N) is 2. The van der Waals surface area contributed by atoms with Gasteiger partial charge >= 0.3 is 0 Å². The summed E-state index contributed by atoms with van der Waals surface area (Å²) in [6.45, 7) is 3.48. The van der Waals surface area contributed by atoms with Gasteiger partial charge in [0.2, 0.25) is 0 Å². The molecule has 20 heavy (non-hydrogen) atoms. The molecular weight excluding hydrogens is 260 g/mol. The number of aliphatic hydroxyl groups excluding tert-OH is 3. The quantitative estimate of drug-likeness (QED) is 0.733. The average Bonchev–Trinajstić information content (AvgIpc) is 2.87. The molecule has 0 spiro atoms. The highest BCUT2D eigenvalue weighted by Gasteiger charge is 2.44. The number of imidazole rings is 1. The number of aliphatic hydroxyl groups is 3. The highest BCUT2D eigenvalue weighted by molar-refractivity contribution is 5.77. The van der Waals surface area contributed by atoms with E-state index in [1.165, 1.54) is 0 Å². The van der Waals surface area contributed by atoms with Crippen molar-refractivity contribution < 1.29 is 20.1 Å². The van der Waals surface area contributed by atoms with Gasteiger partial charge in [-0.25, -0.2) is 4.98 Å². The van der Waals surface area contributed by atoms with E-state index in [0.717, 1.165) is 16.6 Å². The maximum absolute atomic E-state index is 10.1. The summed E-state index contributed by atoms with van der Waals surface area (Å²) in [5, 5.41) is 29.2. The van der Waals surface area contributed by atoms with Gasteiger partial charge in [-0.15, -0.1) is 0 Å². The van der Waals surface area contributed by atoms with Crippen molar-refractivity contribution >= 4 is 11.0 Å². The summed E-state index contributed by atoms with van der Waals surface area (Å²) in [7, 11) is 0. The Hall–Kier alpha value is -1.47. The Morgan fingerprint density at radius 3 is 2.65 bits per heavy atom. The van der Waals surface area contributed by atoms with Crippen LogP contribution in [0.5, 0.6) is 0 Å². The Kier molecular flexibility index (Phi) is 3.25. The lowest BCUT2D eigenvalue weighted by atomic mass is 10.1. The molecule has 2 heterocycles. The summed E-state index contributed by atoms with van der Waals surface area (Å²) >= 11 is 0. The average molecular weight is 278 g/mol. The molecule has 2 aromatic rings. The van der Waals surface area contributed by atoms with Crippen molar-refractivity contribution in [3.8, 4) is 0 Å². The van der Waals surface area contributed by atoms with Crippen LogP contribution < -0.4 is 0 Å². The zero-order valence-corrected chi connectivity index (χ0v) is 11.4. The fourth-order valence-electron chi connectivity index (χ4n) is 2.74. The molecule has 0 amide bonds. The molecule has 0 bridgehead atoms. The zero-order valence-electron chi connectivity index (χ0n) is 11.4. The lowest BCUT2D eigenvalue weighted by molar-refractivity contribution is -0.0517. The smallest absolute Gasteiger partial charge is 0.164 e. The van der Waals surface area contributed by atoms with Crippen LogP contribution in [0.25, 0.3) is 11.0 Å². The van der Waals surface area contributed by atoms with Crippen LogP contribution in [0.1, 0.15) is 17.6 Å². The normalized spacial score (nSPS) is 30.2. The van der Waals surface area contributed by atoms with Crippen LogP contribution in [0.4, 0.5) is 0 Å². The van der Waals surface area contributed by atoms with Crippen molar-refractivity contribution in [2.24, 2.45) is 0 Å². The summed E-state index contributed by atoms with van der Waals surface area (Å²) in [4.78, 5) is 4.46. The van der Waals surface area contributed by atoms with Gasteiger partial charge in [-0.05, 0) is 31.5 Å². The van der Waals surface area contributed by atoms with Crippen LogP contribution in [0, 0.1) is 13.8 Å². The monoisotopic (exact) mass is 278 g/mol. The predicted octanol–water partition coefficient (Wildman–Crippen LogP) is 0.265. The van der Waals surface area contributed by atoms with E-state index in [4.69, 9.17) is 9.84 Å². The van der Waals surface area contributed by atoms with Crippen molar-refractivity contribution in [3.05, 3.63) is 29.6 Å². The molecule has 0 aliphatic carbocycles. The lowest BCUT2D eigenvalue weighted by Crippen LogP contribution is -2.33. The molecule has 3 rings (SSSR count). The molecule has 1 aromatic heterocycles. The Morgan fingerprint density at radius 1 is 1.25 bits per heavy atom. The summed E-state index contributed by atoms with van der Waals surface area (Å²) < 4.78 is 7.33. The van der Waals surface area contributed by atoms with Crippen LogP contribution >= 0.6 is 0 Å². The molecule has 6 nitrogen and oxygen atoms in total. The minimum atomic E-state index is -1.10. The molecule has 1 fully saturated rings. The molecule has 1 aromatic carbocycles. The maximum atomic E-state index is 10.1. The van der Waals surface area contributed by atoms with Crippen molar-refractivity contribution in [2.45, 2.75) is 38.4 Å². The Bertz CT molecular complexity index is 639. The SMILES string of the molecule is Cc1ccc2c(c1)nc(C)n2[C@@H]1O[C@H](CO)[C@@H](O)[C@H]1O. The summed E-state index contributed by atoms with van der Waals surface area (Å²) in [5.41, 5.74) is 2.76. The highest BCUT2D eigenvalue weighted by atomic mass is 16.6. The molecule has 0 radical (unpaired) electrons. The predicted molar refractivity (Wildman–Crippen MR) is 72.2 cm³/mol. The van der Waals surface area contributed by atoms with Crippen molar-refractivity contribution in [3.63, 3.8) is 0 Å². The van der Waals surface area contributed by atoms with Gasteiger partial charge in [-0.2, -0.15) is 0 Å². The Labute approximate surface area is 116 Å². The van der Waals surface area contributed by atoms with E-state index in [9.17, 15) is 10.2 Å². The standard InChI is InChI=1S/C14H18N2O4/c1-7-3-4-10-9(5-7)15-8(2)16(10)14-13(19)12(18)11(6-17)20-14/h3-5,11-14,17-19H,6H2,1-2H3/t11-,12-,13-,14-/m1/s1. The zero-order chi connectivity index (χ0) is 14.4. The summed E-state index contributed by atoms with van der Waals surface area (Å²) in [6, 6.07) is 5.83. The van der Waals surface area contributed by atoms with E-state index in [0.29, 0.717) is 5.82 Å². The van der Waals surface area contributed by atoms with E-state index < -0.39 is 24.5 Å². The number of rotatable bonds is 2. The summed E-state index contributed by atoms with van der Waals surface area (Å²) in [6.07, 6.45) is -3.72. The minimum Gasteiger partial charge on any atom is -0.394 e. The molecule has 0 saturated carbocycles. The van der Waals surface area contributed by atoms with Gasteiger partial charge in [0.25, 0.3) is 0 Å². The van der Waals surface area contributed by atoms with Gasteiger partial charge in [0.1, 0.15) is 24.1 Å². The summed E-state index contributed by atoms with van der Waals surface area (Å²) in [5.74, 6) is 0.695. The first-order valence-electron chi connectivity index (χ1n) is 6.60. The molecule has 1 aliphatic rings. The van der Waals surface area contributed by atoms with E-state index in [2.05, 4.69) is 4.98 Å². The fourth-order valence-corrected chi connectivity index (χ4v) is 2.74. The van der Waals surface area contributed by atoms with Gasteiger partial charge in [0, 0.05) is 0 Å². The Balaban J connectivity index is 2.08. The second-order valence-corrected chi connectivity index (χ2v) is 5.25. The largest absolute Gasteiger partial charge is 0.394 e. The number of hydrogen-bond donors (Lipinski definition) is 3. The number of aromatic nitrogens is 2. The molecule has 6 heteroatoms. The van der Waals surface area contributed by atoms with Crippen molar-refractivity contribution in [1.29, 1.82) is 0 Å².